The molecule has 1 aromatic heterocycles. The number of para-hydroxylation sites is 1. The van der Waals surface area contributed by atoms with Crippen LogP contribution < -0.4 is 10.2 Å². The zero-order valence-electron chi connectivity index (χ0n) is 11.5. The van der Waals surface area contributed by atoms with Crippen molar-refractivity contribution in [2.75, 3.05) is 23.9 Å². The van der Waals surface area contributed by atoms with E-state index in [1.54, 1.807) is 16.3 Å². The maximum Gasteiger partial charge on any atom is 0.350 e. The second kappa shape index (κ2) is 5.57. The number of carbonyl (C=O) groups excluding carboxylic acids is 2. The Balaban J connectivity index is 1.79. The van der Waals surface area contributed by atoms with E-state index in [0.717, 1.165) is 17.7 Å². The summed E-state index contributed by atoms with van der Waals surface area (Å²) in [6.45, 7) is 0.642. The van der Waals surface area contributed by atoms with Crippen molar-refractivity contribution in [3.63, 3.8) is 0 Å². The number of thiophene rings is 1. The first-order valence-electron chi connectivity index (χ1n) is 6.53. The maximum absolute atomic E-state index is 12.4. The van der Waals surface area contributed by atoms with Crippen molar-refractivity contribution >= 4 is 34.7 Å². The molecule has 1 aliphatic rings. The number of nitrogens with one attached hydrogen (secondary N) is 1. The van der Waals surface area contributed by atoms with Crippen molar-refractivity contribution in [1.29, 1.82) is 0 Å². The first-order chi connectivity index (χ1) is 10.2. The lowest BCUT2D eigenvalue weighted by Crippen LogP contribution is -2.33. The second-order valence-electron chi connectivity index (χ2n) is 4.62. The van der Waals surface area contributed by atoms with Crippen molar-refractivity contribution < 1.29 is 14.3 Å². The minimum atomic E-state index is -0.442. The van der Waals surface area contributed by atoms with Gasteiger partial charge in [-0.2, -0.15) is 0 Å². The lowest BCUT2D eigenvalue weighted by Gasteiger charge is -2.18. The fourth-order valence-electron chi connectivity index (χ4n) is 2.39. The first-order valence-corrected chi connectivity index (χ1v) is 7.41. The standard InChI is InChI=1S/C15H14N2O3S/c1-20-14(18)13-11(7-9-21-13)16-15(19)17-8-6-10-4-2-3-5-12(10)17/h2-5,7,9H,6,8H2,1H3,(H,16,19). The van der Waals surface area contributed by atoms with Crippen LogP contribution in [0.2, 0.25) is 0 Å². The summed E-state index contributed by atoms with van der Waals surface area (Å²) in [4.78, 5) is 26.1. The van der Waals surface area contributed by atoms with Gasteiger partial charge < -0.3 is 10.1 Å². The number of amides is 2. The van der Waals surface area contributed by atoms with Gasteiger partial charge in [0.2, 0.25) is 0 Å². The Morgan fingerprint density at radius 3 is 2.90 bits per heavy atom. The third kappa shape index (κ3) is 2.50. The van der Waals surface area contributed by atoms with E-state index in [1.165, 1.54) is 18.4 Å². The van der Waals surface area contributed by atoms with E-state index in [9.17, 15) is 9.59 Å². The maximum atomic E-state index is 12.4. The number of nitrogens with zero attached hydrogens (tertiary/aromatic N) is 1. The van der Waals surface area contributed by atoms with E-state index in [2.05, 4.69) is 5.32 Å². The summed E-state index contributed by atoms with van der Waals surface area (Å²) in [5, 5.41) is 4.53. The van der Waals surface area contributed by atoms with Gasteiger partial charge in [0, 0.05) is 12.2 Å². The molecule has 2 heterocycles. The van der Waals surface area contributed by atoms with Gasteiger partial charge in [-0.25, -0.2) is 9.59 Å². The zero-order chi connectivity index (χ0) is 14.8. The summed E-state index contributed by atoms with van der Waals surface area (Å²) in [7, 11) is 1.32. The van der Waals surface area contributed by atoms with Crippen LogP contribution in [0.25, 0.3) is 0 Å². The van der Waals surface area contributed by atoms with Gasteiger partial charge in [0.25, 0.3) is 0 Å². The number of hydrogen-bond donors (Lipinski definition) is 1. The predicted octanol–water partition coefficient (Wildman–Crippen LogP) is 3.13. The van der Waals surface area contributed by atoms with Crippen LogP contribution in [0.1, 0.15) is 15.2 Å². The van der Waals surface area contributed by atoms with E-state index in [0.29, 0.717) is 17.1 Å². The Morgan fingerprint density at radius 2 is 2.10 bits per heavy atom. The van der Waals surface area contributed by atoms with E-state index in [-0.39, 0.29) is 6.03 Å². The molecule has 0 atom stereocenters. The van der Waals surface area contributed by atoms with Crippen molar-refractivity contribution in [3.8, 4) is 0 Å². The van der Waals surface area contributed by atoms with Gasteiger partial charge in [0.05, 0.1) is 12.8 Å². The fraction of sp³-hybridized carbons (Fsp3) is 0.200. The normalized spacial score (nSPS) is 12.9. The van der Waals surface area contributed by atoms with Crippen molar-refractivity contribution in [3.05, 3.63) is 46.2 Å². The molecule has 0 radical (unpaired) electrons. The molecule has 21 heavy (non-hydrogen) atoms. The van der Waals surface area contributed by atoms with Gasteiger partial charge in [-0.3, -0.25) is 4.90 Å². The predicted molar refractivity (Wildman–Crippen MR) is 82.2 cm³/mol. The third-order valence-electron chi connectivity index (χ3n) is 3.41. The van der Waals surface area contributed by atoms with E-state index >= 15 is 0 Å². The zero-order valence-corrected chi connectivity index (χ0v) is 12.3. The number of methoxy groups -OCH3 is 1. The highest BCUT2D eigenvalue weighted by molar-refractivity contribution is 7.12. The fourth-order valence-corrected chi connectivity index (χ4v) is 3.16. The van der Waals surface area contributed by atoms with Crippen molar-refractivity contribution in [1.82, 2.24) is 0 Å². The van der Waals surface area contributed by atoms with Crippen LogP contribution in [0.5, 0.6) is 0 Å². The average Bonchev–Trinajstić information content (AvgIpc) is 3.12. The van der Waals surface area contributed by atoms with Gasteiger partial charge in [-0.15, -0.1) is 11.3 Å². The number of esters is 1. The first kappa shape index (κ1) is 13.6. The van der Waals surface area contributed by atoms with Crippen molar-refractivity contribution in [2.45, 2.75) is 6.42 Å². The molecule has 0 bridgehead atoms. The largest absolute Gasteiger partial charge is 0.465 e. The number of fused-ring (bicyclic) bond motifs is 1. The van der Waals surface area contributed by atoms with Crippen molar-refractivity contribution in [2.24, 2.45) is 0 Å². The monoisotopic (exact) mass is 302 g/mol. The third-order valence-corrected chi connectivity index (χ3v) is 4.30. The molecule has 1 N–H and O–H groups in total. The quantitative estimate of drug-likeness (QED) is 0.867. The van der Waals surface area contributed by atoms with Gasteiger partial charge >= 0.3 is 12.0 Å². The molecular weight excluding hydrogens is 288 g/mol. The molecule has 6 heteroatoms. The topological polar surface area (TPSA) is 58.6 Å². The Hall–Kier alpha value is -2.34. The molecule has 0 saturated heterocycles. The molecule has 108 valence electrons. The number of rotatable bonds is 2. The molecule has 0 spiro atoms. The highest BCUT2D eigenvalue weighted by Crippen LogP contribution is 2.29. The molecular formula is C15H14N2O3S. The number of urea groups is 1. The number of anilines is 2. The summed E-state index contributed by atoms with van der Waals surface area (Å²) < 4.78 is 4.71. The smallest absolute Gasteiger partial charge is 0.350 e. The SMILES string of the molecule is COC(=O)c1sccc1NC(=O)N1CCc2ccccc21. The number of ether oxygens (including phenoxy) is 1. The van der Waals surface area contributed by atoms with Crippen LogP contribution >= 0.6 is 11.3 Å². The lowest BCUT2D eigenvalue weighted by atomic mass is 10.2. The van der Waals surface area contributed by atoms with Gasteiger partial charge in [0.15, 0.2) is 0 Å². The second-order valence-corrected chi connectivity index (χ2v) is 5.53. The molecule has 0 fully saturated rings. The molecule has 0 saturated carbocycles. The number of hydrogen-bond acceptors (Lipinski definition) is 4. The molecule has 3 rings (SSSR count). The summed E-state index contributed by atoms with van der Waals surface area (Å²) in [5.41, 5.74) is 2.57. The Labute approximate surface area is 126 Å². The van der Waals surface area contributed by atoms with Crippen LogP contribution in [0.3, 0.4) is 0 Å². The van der Waals surface area contributed by atoms with Gasteiger partial charge in [-0.05, 0) is 29.5 Å². The molecule has 5 nitrogen and oxygen atoms in total. The van der Waals surface area contributed by atoms with Gasteiger partial charge in [-0.1, -0.05) is 18.2 Å². The lowest BCUT2D eigenvalue weighted by molar-refractivity contribution is 0.0607. The van der Waals surface area contributed by atoms with Crippen LogP contribution in [-0.2, 0) is 11.2 Å². The summed E-state index contributed by atoms with van der Waals surface area (Å²) in [6.07, 6.45) is 0.844. The van der Waals surface area contributed by atoms with Crippen LogP contribution in [-0.4, -0.2) is 25.7 Å². The Morgan fingerprint density at radius 1 is 1.29 bits per heavy atom. The van der Waals surface area contributed by atoms with Gasteiger partial charge in [0.1, 0.15) is 4.88 Å². The summed E-state index contributed by atoms with van der Waals surface area (Å²) in [5.74, 6) is -0.442. The van der Waals surface area contributed by atoms with E-state index in [4.69, 9.17) is 4.74 Å². The highest BCUT2D eigenvalue weighted by atomic mass is 32.1. The molecule has 1 aliphatic heterocycles. The number of carbonyl (C=O) groups is 2. The Kier molecular flexibility index (Phi) is 3.62. The molecule has 1 aromatic carbocycles. The summed E-state index contributed by atoms with van der Waals surface area (Å²) >= 11 is 1.24. The highest BCUT2D eigenvalue weighted by Gasteiger charge is 2.25. The molecule has 0 aliphatic carbocycles. The van der Waals surface area contributed by atoms with Crippen LogP contribution in [0.15, 0.2) is 35.7 Å². The molecule has 0 unspecified atom stereocenters. The Bertz CT molecular complexity index is 696. The van der Waals surface area contributed by atoms with E-state index in [1.807, 2.05) is 24.3 Å². The van der Waals surface area contributed by atoms with E-state index < -0.39 is 5.97 Å². The average molecular weight is 302 g/mol. The molecule has 2 amide bonds. The summed E-state index contributed by atoms with van der Waals surface area (Å²) in [6, 6.07) is 9.30. The number of benzene rings is 1. The minimum Gasteiger partial charge on any atom is -0.465 e. The van der Waals surface area contributed by atoms with Crippen LogP contribution in [0, 0.1) is 0 Å². The molecule has 2 aromatic rings. The van der Waals surface area contributed by atoms with Crippen LogP contribution in [0.4, 0.5) is 16.2 Å². The minimum absolute atomic E-state index is 0.233.